The summed E-state index contributed by atoms with van der Waals surface area (Å²) in [6.07, 6.45) is 5.92. The summed E-state index contributed by atoms with van der Waals surface area (Å²) in [5.74, 6) is 0.956. The summed E-state index contributed by atoms with van der Waals surface area (Å²) in [5, 5.41) is 3.31. The van der Waals surface area contributed by atoms with Gasteiger partial charge in [-0.1, -0.05) is 12.1 Å². The summed E-state index contributed by atoms with van der Waals surface area (Å²) in [5.41, 5.74) is 1.92. The van der Waals surface area contributed by atoms with Crippen LogP contribution in [0.4, 0.5) is 0 Å². The first-order valence-corrected chi connectivity index (χ1v) is 10.0. The Hall–Kier alpha value is -1.43. The van der Waals surface area contributed by atoms with Gasteiger partial charge in [-0.3, -0.25) is 9.80 Å². The van der Waals surface area contributed by atoms with Crippen molar-refractivity contribution in [1.29, 1.82) is 0 Å². The maximum absolute atomic E-state index is 5.34. The number of rotatable bonds is 6. The first-order valence-electron chi connectivity index (χ1n) is 9.12. The molecule has 2 heterocycles. The standard InChI is InChI=1S/C20H27N3OS/c1-22(15-19-21-8-11-25-19)18-13-20(18)6-9-23(10-7-20)14-16-4-3-5-17(12-16)24-2/h3-5,8,11-12,18H,6-7,9-10,13-15H2,1-2H3/t18-/m1/s1. The van der Waals surface area contributed by atoms with Crippen LogP contribution in [0.5, 0.6) is 5.75 Å². The number of piperidine rings is 1. The monoisotopic (exact) mass is 357 g/mol. The van der Waals surface area contributed by atoms with Crippen molar-refractivity contribution in [2.75, 3.05) is 27.2 Å². The molecule has 5 heteroatoms. The van der Waals surface area contributed by atoms with Gasteiger partial charge in [-0.25, -0.2) is 4.98 Å². The van der Waals surface area contributed by atoms with Gasteiger partial charge in [-0.2, -0.15) is 0 Å². The highest BCUT2D eigenvalue weighted by atomic mass is 32.1. The number of ether oxygens (including phenoxy) is 1. The van der Waals surface area contributed by atoms with Crippen molar-refractivity contribution >= 4 is 11.3 Å². The van der Waals surface area contributed by atoms with E-state index in [1.165, 1.54) is 42.9 Å². The smallest absolute Gasteiger partial charge is 0.119 e. The molecular formula is C20H27N3OS. The molecule has 1 aromatic heterocycles. The summed E-state index contributed by atoms with van der Waals surface area (Å²) in [6, 6.07) is 9.21. The number of thiazole rings is 1. The van der Waals surface area contributed by atoms with E-state index < -0.39 is 0 Å². The lowest BCUT2D eigenvalue weighted by Gasteiger charge is -2.34. The first-order chi connectivity index (χ1) is 12.2. The fourth-order valence-electron chi connectivity index (χ4n) is 4.33. The van der Waals surface area contributed by atoms with Gasteiger partial charge in [-0.05, 0) is 62.5 Å². The van der Waals surface area contributed by atoms with E-state index >= 15 is 0 Å². The normalized spacial score (nSPS) is 22.4. The van der Waals surface area contributed by atoms with Crippen LogP contribution in [-0.2, 0) is 13.1 Å². The second kappa shape index (κ2) is 7.06. The molecule has 1 saturated carbocycles. The SMILES string of the molecule is COc1cccc(CN2CCC3(CC2)C[C@H]3N(C)Cc2nccs2)c1. The van der Waals surface area contributed by atoms with Crippen molar-refractivity contribution in [3.05, 3.63) is 46.4 Å². The zero-order valence-electron chi connectivity index (χ0n) is 15.1. The third kappa shape index (κ3) is 3.73. The van der Waals surface area contributed by atoms with E-state index in [9.17, 15) is 0 Å². The van der Waals surface area contributed by atoms with E-state index in [1.807, 2.05) is 12.3 Å². The van der Waals surface area contributed by atoms with Crippen molar-refractivity contribution in [1.82, 2.24) is 14.8 Å². The van der Waals surface area contributed by atoms with Crippen molar-refractivity contribution in [2.45, 2.75) is 38.4 Å². The molecule has 4 rings (SSSR count). The molecule has 1 atom stereocenters. The zero-order chi connectivity index (χ0) is 17.3. The molecule has 2 fully saturated rings. The summed E-state index contributed by atoms with van der Waals surface area (Å²) in [6.45, 7) is 4.45. The van der Waals surface area contributed by atoms with Crippen LogP contribution >= 0.6 is 11.3 Å². The predicted octanol–water partition coefficient (Wildman–Crippen LogP) is 3.64. The Labute approximate surface area is 154 Å². The summed E-state index contributed by atoms with van der Waals surface area (Å²) in [7, 11) is 4.00. The summed E-state index contributed by atoms with van der Waals surface area (Å²) in [4.78, 5) is 9.55. The van der Waals surface area contributed by atoms with Crippen LogP contribution in [0.25, 0.3) is 0 Å². The third-order valence-corrected chi connectivity index (χ3v) is 6.70. The van der Waals surface area contributed by atoms with Gasteiger partial charge < -0.3 is 4.74 Å². The van der Waals surface area contributed by atoms with E-state index in [0.717, 1.165) is 24.9 Å². The van der Waals surface area contributed by atoms with Crippen molar-refractivity contribution < 1.29 is 4.74 Å². The highest BCUT2D eigenvalue weighted by Gasteiger charge is 2.56. The highest BCUT2D eigenvalue weighted by Crippen LogP contribution is 2.56. The predicted molar refractivity (Wildman–Crippen MR) is 102 cm³/mol. The molecule has 1 aliphatic heterocycles. The quantitative estimate of drug-likeness (QED) is 0.789. The molecule has 0 amide bonds. The molecule has 2 aliphatic rings. The summed E-state index contributed by atoms with van der Waals surface area (Å²) >= 11 is 1.76. The molecule has 0 unspecified atom stereocenters. The van der Waals surface area contributed by atoms with Gasteiger partial charge in [0.2, 0.25) is 0 Å². The lowest BCUT2D eigenvalue weighted by Crippen LogP contribution is -2.37. The Bertz CT molecular complexity index is 695. The molecule has 0 bridgehead atoms. The number of hydrogen-bond acceptors (Lipinski definition) is 5. The average molecular weight is 358 g/mol. The average Bonchev–Trinajstić information content (AvgIpc) is 3.08. The van der Waals surface area contributed by atoms with Crippen LogP contribution < -0.4 is 4.74 Å². The maximum atomic E-state index is 5.34. The molecule has 134 valence electrons. The Kier molecular flexibility index (Phi) is 4.80. The lowest BCUT2D eigenvalue weighted by molar-refractivity contribution is 0.139. The van der Waals surface area contributed by atoms with Crippen LogP contribution in [0, 0.1) is 5.41 Å². The first kappa shape index (κ1) is 17.0. The number of benzene rings is 1. The van der Waals surface area contributed by atoms with Gasteiger partial charge in [0.1, 0.15) is 10.8 Å². The van der Waals surface area contributed by atoms with E-state index in [2.05, 4.69) is 45.4 Å². The molecule has 25 heavy (non-hydrogen) atoms. The second-order valence-electron chi connectivity index (χ2n) is 7.55. The number of hydrogen-bond donors (Lipinski definition) is 0. The van der Waals surface area contributed by atoms with E-state index in [4.69, 9.17) is 4.74 Å². The number of aromatic nitrogens is 1. The second-order valence-corrected chi connectivity index (χ2v) is 8.53. The molecule has 1 aliphatic carbocycles. The molecule has 1 spiro atoms. The van der Waals surface area contributed by atoms with Crippen molar-refractivity contribution in [3.63, 3.8) is 0 Å². The molecule has 1 saturated heterocycles. The third-order valence-electron chi connectivity index (χ3n) is 5.94. The zero-order valence-corrected chi connectivity index (χ0v) is 16.0. The van der Waals surface area contributed by atoms with Crippen LogP contribution in [-0.4, -0.2) is 48.1 Å². The van der Waals surface area contributed by atoms with Crippen molar-refractivity contribution in [3.8, 4) is 5.75 Å². The topological polar surface area (TPSA) is 28.6 Å². The Balaban J connectivity index is 1.28. The van der Waals surface area contributed by atoms with Gasteiger partial charge in [0, 0.05) is 24.2 Å². The number of methoxy groups -OCH3 is 1. The molecule has 1 aromatic carbocycles. The van der Waals surface area contributed by atoms with Gasteiger partial charge >= 0.3 is 0 Å². The molecule has 2 aromatic rings. The number of nitrogens with zero attached hydrogens (tertiary/aromatic N) is 3. The fourth-order valence-corrected chi connectivity index (χ4v) is 5.01. The van der Waals surface area contributed by atoms with Gasteiger partial charge in [0.15, 0.2) is 0 Å². The Morgan fingerprint density at radius 3 is 2.92 bits per heavy atom. The Morgan fingerprint density at radius 2 is 2.20 bits per heavy atom. The maximum Gasteiger partial charge on any atom is 0.119 e. The van der Waals surface area contributed by atoms with Crippen molar-refractivity contribution in [2.24, 2.45) is 5.41 Å². The number of likely N-dealkylation sites (tertiary alicyclic amines) is 1. The van der Waals surface area contributed by atoms with E-state index in [0.29, 0.717) is 5.41 Å². The fraction of sp³-hybridized carbons (Fsp3) is 0.550. The Morgan fingerprint density at radius 1 is 1.36 bits per heavy atom. The minimum atomic E-state index is 0.566. The molecule has 4 nitrogen and oxygen atoms in total. The molecule has 0 N–H and O–H groups in total. The van der Waals surface area contributed by atoms with Gasteiger partial charge in [0.05, 0.1) is 13.7 Å². The van der Waals surface area contributed by atoms with E-state index in [-0.39, 0.29) is 0 Å². The van der Waals surface area contributed by atoms with Crippen LogP contribution in [0.2, 0.25) is 0 Å². The summed E-state index contributed by atoms with van der Waals surface area (Å²) < 4.78 is 5.34. The highest BCUT2D eigenvalue weighted by molar-refractivity contribution is 7.09. The van der Waals surface area contributed by atoms with Crippen LogP contribution in [0.1, 0.15) is 29.8 Å². The van der Waals surface area contributed by atoms with Crippen LogP contribution in [0.15, 0.2) is 35.8 Å². The van der Waals surface area contributed by atoms with E-state index in [1.54, 1.807) is 18.4 Å². The largest absolute Gasteiger partial charge is 0.497 e. The van der Waals surface area contributed by atoms with Gasteiger partial charge in [0.25, 0.3) is 0 Å². The van der Waals surface area contributed by atoms with Crippen LogP contribution in [0.3, 0.4) is 0 Å². The molecule has 0 radical (unpaired) electrons. The lowest BCUT2D eigenvalue weighted by atomic mass is 9.92. The molecular weight excluding hydrogens is 330 g/mol. The van der Waals surface area contributed by atoms with Gasteiger partial charge in [-0.15, -0.1) is 11.3 Å². The minimum absolute atomic E-state index is 0.566. The minimum Gasteiger partial charge on any atom is -0.497 e.